The Labute approximate surface area is 114 Å². The maximum atomic E-state index is 10.7. The second kappa shape index (κ2) is 14.7. The SMILES string of the molecule is CC.CC(=O)C(C)(C)CCO.CNCCC(C)C. The van der Waals surface area contributed by atoms with Crippen molar-refractivity contribution in [1.29, 1.82) is 0 Å². The van der Waals surface area contributed by atoms with E-state index in [0.717, 1.165) is 12.5 Å². The molecule has 0 aliphatic carbocycles. The van der Waals surface area contributed by atoms with Crippen molar-refractivity contribution >= 4 is 5.78 Å². The number of Topliss-reactive ketones (excluding diaryl/α,β-unsaturated/α-hetero) is 1. The molecule has 0 unspecified atom stereocenters. The number of carbonyl (C=O) groups excluding carboxylic acids is 1. The molecule has 0 radical (unpaired) electrons. The van der Waals surface area contributed by atoms with Crippen LogP contribution in [-0.4, -0.2) is 31.1 Å². The van der Waals surface area contributed by atoms with Crippen molar-refractivity contribution in [2.75, 3.05) is 20.2 Å². The van der Waals surface area contributed by atoms with E-state index in [4.69, 9.17) is 5.11 Å². The maximum absolute atomic E-state index is 10.7. The largest absolute Gasteiger partial charge is 0.396 e. The van der Waals surface area contributed by atoms with Crippen molar-refractivity contribution in [2.24, 2.45) is 11.3 Å². The lowest BCUT2D eigenvalue weighted by Gasteiger charge is -2.18. The summed E-state index contributed by atoms with van der Waals surface area (Å²) in [5, 5.41) is 11.6. The van der Waals surface area contributed by atoms with E-state index < -0.39 is 0 Å². The van der Waals surface area contributed by atoms with E-state index in [1.165, 1.54) is 6.42 Å². The lowest BCUT2D eigenvalue weighted by molar-refractivity contribution is -0.125. The summed E-state index contributed by atoms with van der Waals surface area (Å²) in [6.45, 7) is 14.9. The smallest absolute Gasteiger partial charge is 0.135 e. The van der Waals surface area contributed by atoms with Crippen molar-refractivity contribution in [3.05, 3.63) is 0 Å². The summed E-state index contributed by atoms with van der Waals surface area (Å²) in [5.74, 6) is 0.976. The standard InChI is InChI=1S/C7H14O2.C6H15N.C2H6/c1-6(9)7(2,3)4-5-8;1-6(2)4-5-7-3;1-2/h8H,4-5H2,1-3H3;6-7H,4-5H2,1-3H3;1-2H3. The molecule has 0 aliphatic heterocycles. The normalized spacial score (nSPS) is 10.1. The van der Waals surface area contributed by atoms with Gasteiger partial charge in [0.2, 0.25) is 0 Å². The zero-order valence-corrected chi connectivity index (χ0v) is 13.8. The van der Waals surface area contributed by atoms with E-state index in [1.807, 2.05) is 34.7 Å². The Hall–Kier alpha value is -0.410. The first kappa shape index (κ1) is 22.7. The molecule has 0 rings (SSSR count). The Morgan fingerprint density at radius 3 is 1.83 bits per heavy atom. The number of hydrogen-bond donors (Lipinski definition) is 2. The number of nitrogens with one attached hydrogen (secondary N) is 1. The number of carbonyl (C=O) groups is 1. The zero-order chi connectivity index (χ0) is 15.2. The first-order chi connectivity index (χ1) is 8.27. The first-order valence-electron chi connectivity index (χ1n) is 7.04. The molecule has 3 heteroatoms. The van der Waals surface area contributed by atoms with Gasteiger partial charge in [0.1, 0.15) is 5.78 Å². The van der Waals surface area contributed by atoms with Gasteiger partial charge >= 0.3 is 0 Å². The van der Waals surface area contributed by atoms with Gasteiger partial charge in [-0.05, 0) is 39.3 Å². The molecule has 0 fully saturated rings. The summed E-state index contributed by atoms with van der Waals surface area (Å²) < 4.78 is 0. The van der Waals surface area contributed by atoms with Crippen molar-refractivity contribution in [3.63, 3.8) is 0 Å². The monoisotopic (exact) mass is 261 g/mol. The van der Waals surface area contributed by atoms with E-state index >= 15 is 0 Å². The maximum Gasteiger partial charge on any atom is 0.135 e. The van der Waals surface area contributed by atoms with Gasteiger partial charge in [-0.1, -0.05) is 41.5 Å². The van der Waals surface area contributed by atoms with Gasteiger partial charge in [0.05, 0.1) is 0 Å². The minimum absolute atomic E-state index is 0.0899. The molecule has 0 aromatic heterocycles. The Morgan fingerprint density at radius 1 is 1.28 bits per heavy atom. The number of rotatable bonds is 6. The molecule has 0 aromatic carbocycles. The minimum Gasteiger partial charge on any atom is -0.396 e. The van der Waals surface area contributed by atoms with Gasteiger partial charge in [0, 0.05) is 12.0 Å². The van der Waals surface area contributed by atoms with Crippen molar-refractivity contribution in [2.45, 2.75) is 61.3 Å². The molecule has 0 aliphatic rings. The predicted molar refractivity (Wildman–Crippen MR) is 80.9 cm³/mol. The van der Waals surface area contributed by atoms with Crippen LogP contribution in [0.2, 0.25) is 0 Å². The van der Waals surface area contributed by atoms with Crippen LogP contribution in [0, 0.1) is 11.3 Å². The van der Waals surface area contributed by atoms with E-state index in [1.54, 1.807) is 6.92 Å². The number of ketones is 1. The van der Waals surface area contributed by atoms with Crippen molar-refractivity contribution in [3.8, 4) is 0 Å². The average molecular weight is 261 g/mol. The lowest BCUT2D eigenvalue weighted by Crippen LogP contribution is -2.22. The fourth-order valence-corrected chi connectivity index (χ4v) is 0.889. The number of hydrogen-bond acceptors (Lipinski definition) is 3. The Bertz CT molecular complexity index is 177. The fraction of sp³-hybridized carbons (Fsp3) is 0.933. The highest BCUT2D eigenvalue weighted by Crippen LogP contribution is 2.19. The highest BCUT2D eigenvalue weighted by Gasteiger charge is 2.21. The Morgan fingerprint density at radius 2 is 1.72 bits per heavy atom. The van der Waals surface area contributed by atoms with Gasteiger partial charge in [-0.15, -0.1) is 0 Å². The summed E-state index contributed by atoms with van der Waals surface area (Å²) in [6, 6.07) is 0. The van der Waals surface area contributed by atoms with Crippen LogP contribution in [0.25, 0.3) is 0 Å². The molecule has 0 spiro atoms. The first-order valence-corrected chi connectivity index (χ1v) is 7.04. The highest BCUT2D eigenvalue weighted by molar-refractivity contribution is 5.81. The second-order valence-corrected chi connectivity index (χ2v) is 5.20. The molecule has 0 saturated heterocycles. The molecule has 3 nitrogen and oxygen atoms in total. The Balaban J connectivity index is -0.000000225. The summed E-state index contributed by atoms with van der Waals surface area (Å²) in [7, 11) is 1.99. The molecule has 112 valence electrons. The molecule has 2 N–H and O–H groups in total. The van der Waals surface area contributed by atoms with Gasteiger partial charge in [0.15, 0.2) is 0 Å². The lowest BCUT2D eigenvalue weighted by atomic mass is 9.86. The third-order valence-corrected chi connectivity index (χ3v) is 2.66. The second-order valence-electron chi connectivity index (χ2n) is 5.20. The van der Waals surface area contributed by atoms with Gasteiger partial charge in [-0.25, -0.2) is 0 Å². The molecule has 0 amide bonds. The van der Waals surface area contributed by atoms with E-state index in [-0.39, 0.29) is 17.8 Å². The molecule has 0 heterocycles. The van der Waals surface area contributed by atoms with Crippen LogP contribution in [0.3, 0.4) is 0 Å². The van der Waals surface area contributed by atoms with Crippen molar-refractivity contribution in [1.82, 2.24) is 5.32 Å². The summed E-state index contributed by atoms with van der Waals surface area (Å²) in [6.07, 6.45) is 1.85. The van der Waals surface area contributed by atoms with Gasteiger partial charge in [-0.3, -0.25) is 4.79 Å². The molecule has 0 saturated carbocycles. The minimum atomic E-state index is -0.339. The van der Waals surface area contributed by atoms with Crippen LogP contribution in [-0.2, 0) is 4.79 Å². The Kier molecular flexibility index (Phi) is 18.5. The van der Waals surface area contributed by atoms with Crippen LogP contribution in [0.1, 0.15) is 61.3 Å². The fourth-order valence-electron chi connectivity index (χ4n) is 0.889. The van der Waals surface area contributed by atoms with Crippen LogP contribution in [0.15, 0.2) is 0 Å². The van der Waals surface area contributed by atoms with Gasteiger partial charge in [-0.2, -0.15) is 0 Å². The zero-order valence-electron chi connectivity index (χ0n) is 13.8. The summed E-state index contributed by atoms with van der Waals surface area (Å²) in [5.41, 5.74) is -0.339. The molecular weight excluding hydrogens is 226 g/mol. The predicted octanol–water partition coefficient (Wildman–Crippen LogP) is 3.26. The molecule has 0 atom stereocenters. The molecule has 0 aromatic rings. The third-order valence-electron chi connectivity index (χ3n) is 2.66. The summed E-state index contributed by atoms with van der Waals surface area (Å²) >= 11 is 0. The summed E-state index contributed by atoms with van der Waals surface area (Å²) in [4.78, 5) is 10.7. The van der Waals surface area contributed by atoms with Crippen LogP contribution >= 0.6 is 0 Å². The van der Waals surface area contributed by atoms with Crippen LogP contribution in [0.4, 0.5) is 0 Å². The van der Waals surface area contributed by atoms with Gasteiger partial charge < -0.3 is 10.4 Å². The topological polar surface area (TPSA) is 49.3 Å². The van der Waals surface area contributed by atoms with Gasteiger partial charge in [0.25, 0.3) is 0 Å². The molecule has 18 heavy (non-hydrogen) atoms. The number of aliphatic hydroxyl groups excluding tert-OH is 1. The number of aliphatic hydroxyl groups is 1. The third kappa shape index (κ3) is 18.0. The quantitative estimate of drug-likeness (QED) is 0.771. The van der Waals surface area contributed by atoms with Crippen molar-refractivity contribution < 1.29 is 9.90 Å². The molecular formula is C15H35NO2. The van der Waals surface area contributed by atoms with Crippen LogP contribution < -0.4 is 5.32 Å². The average Bonchev–Trinajstić information content (AvgIpc) is 2.29. The van der Waals surface area contributed by atoms with E-state index in [2.05, 4.69) is 19.2 Å². The van der Waals surface area contributed by atoms with Crippen LogP contribution in [0.5, 0.6) is 0 Å². The van der Waals surface area contributed by atoms with E-state index in [0.29, 0.717) is 6.42 Å². The highest BCUT2D eigenvalue weighted by atomic mass is 16.3. The van der Waals surface area contributed by atoms with E-state index in [9.17, 15) is 4.79 Å². The molecule has 0 bridgehead atoms.